The van der Waals surface area contributed by atoms with E-state index in [1.807, 2.05) is 0 Å². The van der Waals surface area contributed by atoms with E-state index in [0.29, 0.717) is 34.1 Å². The summed E-state index contributed by atoms with van der Waals surface area (Å²) < 4.78 is 21.4. The Morgan fingerprint density at radius 2 is 1.85 bits per heavy atom. The molecule has 1 aliphatic heterocycles. The fourth-order valence-electron chi connectivity index (χ4n) is 2.53. The number of ketones is 1. The highest BCUT2D eigenvalue weighted by molar-refractivity contribution is 6.14. The van der Waals surface area contributed by atoms with Gasteiger partial charge in [-0.15, -0.1) is 0 Å². The zero-order valence-electron chi connectivity index (χ0n) is 14.7. The molecule has 0 N–H and O–H groups in total. The molecule has 0 atom stereocenters. The average Bonchev–Trinajstić information content (AvgIpc) is 2.96. The van der Waals surface area contributed by atoms with E-state index in [1.54, 1.807) is 57.6 Å². The number of benzene rings is 2. The highest BCUT2D eigenvalue weighted by atomic mass is 16.5. The van der Waals surface area contributed by atoms with E-state index in [9.17, 15) is 9.59 Å². The molecule has 6 heteroatoms. The van der Waals surface area contributed by atoms with Gasteiger partial charge in [0.2, 0.25) is 5.78 Å². The third-order valence-electron chi connectivity index (χ3n) is 3.89. The van der Waals surface area contributed by atoms with Gasteiger partial charge >= 0.3 is 5.97 Å². The number of hydrogen-bond acceptors (Lipinski definition) is 6. The summed E-state index contributed by atoms with van der Waals surface area (Å²) in [5.74, 6) is 1.46. The lowest BCUT2D eigenvalue weighted by Crippen LogP contribution is -2.05. The average molecular weight is 354 g/mol. The Kier molecular flexibility index (Phi) is 4.93. The second-order valence-corrected chi connectivity index (χ2v) is 5.53. The predicted octanol–water partition coefficient (Wildman–Crippen LogP) is 3.64. The van der Waals surface area contributed by atoms with Gasteiger partial charge in [-0.1, -0.05) is 6.92 Å². The van der Waals surface area contributed by atoms with E-state index in [-0.39, 0.29) is 23.9 Å². The quantitative estimate of drug-likeness (QED) is 0.464. The first kappa shape index (κ1) is 17.5. The van der Waals surface area contributed by atoms with Gasteiger partial charge < -0.3 is 18.9 Å². The van der Waals surface area contributed by atoms with Gasteiger partial charge in [-0.05, 0) is 36.4 Å². The Labute approximate surface area is 150 Å². The maximum absolute atomic E-state index is 12.6. The number of Topliss-reactive ketones (excluding diaryl/α,β-unsaturated/α-hetero) is 1. The van der Waals surface area contributed by atoms with Crippen LogP contribution in [0.15, 0.2) is 42.2 Å². The van der Waals surface area contributed by atoms with Gasteiger partial charge in [0, 0.05) is 18.1 Å². The van der Waals surface area contributed by atoms with E-state index in [0.717, 1.165) is 0 Å². The zero-order valence-corrected chi connectivity index (χ0v) is 14.7. The Morgan fingerprint density at radius 1 is 1.08 bits per heavy atom. The summed E-state index contributed by atoms with van der Waals surface area (Å²) in [5, 5.41) is 0. The fraction of sp³-hybridized carbons (Fsp3) is 0.200. The standard InChI is InChI=1S/C20H18O6/c1-4-19(21)25-14-5-7-15-17(11-14)26-18(20(15)22)10-12-9-13(23-2)6-8-16(12)24-3/h5-11H,4H2,1-3H3/b18-10-. The number of methoxy groups -OCH3 is 2. The van der Waals surface area contributed by atoms with Crippen LogP contribution in [-0.4, -0.2) is 26.0 Å². The van der Waals surface area contributed by atoms with E-state index in [1.165, 1.54) is 6.07 Å². The molecule has 6 nitrogen and oxygen atoms in total. The van der Waals surface area contributed by atoms with Gasteiger partial charge in [-0.25, -0.2) is 0 Å². The summed E-state index contributed by atoms with van der Waals surface area (Å²) in [7, 11) is 3.11. The summed E-state index contributed by atoms with van der Waals surface area (Å²) in [6.07, 6.45) is 1.86. The van der Waals surface area contributed by atoms with E-state index >= 15 is 0 Å². The monoisotopic (exact) mass is 354 g/mol. The molecule has 0 radical (unpaired) electrons. The summed E-state index contributed by atoms with van der Waals surface area (Å²) >= 11 is 0. The van der Waals surface area contributed by atoms with Crippen molar-refractivity contribution in [1.29, 1.82) is 0 Å². The summed E-state index contributed by atoms with van der Waals surface area (Å²) in [6.45, 7) is 1.71. The first-order valence-electron chi connectivity index (χ1n) is 8.06. The number of carbonyl (C=O) groups is 2. The SMILES string of the molecule is CCC(=O)Oc1ccc2c(c1)O/C(=C\c1cc(OC)ccc1OC)C2=O. The molecule has 0 unspecified atom stereocenters. The highest BCUT2D eigenvalue weighted by Gasteiger charge is 2.28. The third-order valence-corrected chi connectivity index (χ3v) is 3.89. The van der Waals surface area contributed by atoms with Crippen LogP contribution in [0.2, 0.25) is 0 Å². The lowest BCUT2D eigenvalue weighted by molar-refractivity contribution is -0.134. The highest BCUT2D eigenvalue weighted by Crippen LogP contribution is 2.36. The van der Waals surface area contributed by atoms with Gasteiger partial charge in [-0.3, -0.25) is 9.59 Å². The minimum absolute atomic E-state index is 0.158. The van der Waals surface area contributed by atoms with Crippen LogP contribution in [0, 0.1) is 0 Å². The van der Waals surface area contributed by atoms with Crippen molar-refractivity contribution >= 4 is 17.8 Å². The molecule has 0 saturated heterocycles. The lowest BCUT2D eigenvalue weighted by Gasteiger charge is -2.08. The van der Waals surface area contributed by atoms with Crippen LogP contribution in [0.1, 0.15) is 29.3 Å². The summed E-state index contributed by atoms with van der Waals surface area (Å²) in [4.78, 5) is 24.0. The van der Waals surface area contributed by atoms with E-state index in [2.05, 4.69) is 0 Å². The Morgan fingerprint density at radius 3 is 2.54 bits per heavy atom. The normalized spacial score (nSPS) is 14.0. The van der Waals surface area contributed by atoms with Crippen molar-refractivity contribution in [2.75, 3.05) is 14.2 Å². The second-order valence-electron chi connectivity index (χ2n) is 5.53. The van der Waals surface area contributed by atoms with E-state index < -0.39 is 0 Å². The van der Waals surface area contributed by atoms with Crippen molar-refractivity contribution < 1.29 is 28.5 Å². The van der Waals surface area contributed by atoms with Crippen LogP contribution < -0.4 is 18.9 Å². The second kappa shape index (κ2) is 7.31. The molecule has 0 aliphatic carbocycles. The zero-order chi connectivity index (χ0) is 18.7. The van der Waals surface area contributed by atoms with Crippen LogP contribution in [0.4, 0.5) is 0 Å². The van der Waals surface area contributed by atoms with Gasteiger partial charge in [-0.2, -0.15) is 0 Å². The predicted molar refractivity (Wildman–Crippen MR) is 94.8 cm³/mol. The van der Waals surface area contributed by atoms with Crippen LogP contribution in [-0.2, 0) is 4.79 Å². The molecule has 0 spiro atoms. The molecule has 1 heterocycles. The number of carbonyl (C=O) groups excluding carboxylic acids is 2. The van der Waals surface area contributed by atoms with Crippen molar-refractivity contribution in [3.8, 4) is 23.0 Å². The molecule has 134 valence electrons. The number of fused-ring (bicyclic) bond motifs is 1. The molecule has 0 fully saturated rings. The van der Waals surface area contributed by atoms with Gasteiger partial charge in [0.15, 0.2) is 5.76 Å². The van der Waals surface area contributed by atoms with Crippen LogP contribution in [0.3, 0.4) is 0 Å². The van der Waals surface area contributed by atoms with Crippen LogP contribution >= 0.6 is 0 Å². The lowest BCUT2D eigenvalue weighted by atomic mass is 10.1. The molecule has 2 aromatic carbocycles. The summed E-state index contributed by atoms with van der Waals surface area (Å²) in [6, 6.07) is 9.95. The topological polar surface area (TPSA) is 71.1 Å². The van der Waals surface area contributed by atoms with Gasteiger partial charge in [0.25, 0.3) is 0 Å². The van der Waals surface area contributed by atoms with Crippen LogP contribution in [0.5, 0.6) is 23.0 Å². The maximum atomic E-state index is 12.6. The largest absolute Gasteiger partial charge is 0.497 e. The Bertz CT molecular complexity index is 897. The first-order chi connectivity index (χ1) is 12.5. The molecule has 0 bridgehead atoms. The molecule has 0 amide bonds. The Hall–Kier alpha value is -3.28. The molecule has 0 saturated carbocycles. The maximum Gasteiger partial charge on any atom is 0.310 e. The van der Waals surface area contributed by atoms with E-state index in [4.69, 9.17) is 18.9 Å². The first-order valence-corrected chi connectivity index (χ1v) is 8.06. The van der Waals surface area contributed by atoms with Crippen molar-refractivity contribution in [2.24, 2.45) is 0 Å². The number of esters is 1. The van der Waals surface area contributed by atoms with Gasteiger partial charge in [0.05, 0.1) is 19.8 Å². The fourth-order valence-corrected chi connectivity index (χ4v) is 2.53. The minimum Gasteiger partial charge on any atom is -0.497 e. The van der Waals surface area contributed by atoms with Crippen molar-refractivity contribution in [3.63, 3.8) is 0 Å². The number of hydrogen-bond donors (Lipinski definition) is 0. The molecular weight excluding hydrogens is 336 g/mol. The van der Waals surface area contributed by atoms with Crippen molar-refractivity contribution in [2.45, 2.75) is 13.3 Å². The minimum atomic E-state index is -0.355. The Balaban J connectivity index is 1.92. The molecule has 2 aromatic rings. The summed E-state index contributed by atoms with van der Waals surface area (Å²) in [5.41, 5.74) is 1.06. The van der Waals surface area contributed by atoms with Crippen molar-refractivity contribution in [3.05, 3.63) is 53.3 Å². The number of ether oxygens (including phenoxy) is 4. The van der Waals surface area contributed by atoms with Gasteiger partial charge in [0.1, 0.15) is 23.0 Å². The van der Waals surface area contributed by atoms with Crippen LogP contribution in [0.25, 0.3) is 6.08 Å². The molecule has 0 aromatic heterocycles. The third kappa shape index (κ3) is 3.39. The molecule has 26 heavy (non-hydrogen) atoms. The molecular formula is C20H18O6. The smallest absolute Gasteiger partial charge is 0.310 e. The molecule has 3 rings (SSSR count). The molecule has 1 aliphatic rings. The number of rotatable bonds is 5. The van der Waals surface area contributed by atoms with Crippen molar-refractivity contribution in [1.82, 2.24) is 0 Å². The number of allylic oxidation sites excluding steroid dienone is 1.